The highest BCUT2D eigenvalue weighted by molar-refractivity contribution is 6.28. The highest BCUT2D eigenvalue weighted by Crippen LogP contribution is 2.38. The average molecular weight is 385 g/mol. The Labute approximate surface area is 162 Å². The minimum Gasteiger partial charge on any atom is -0.464 e. The molecule has 1 aliphatic heterocycles. The zero-order valence-electron chi connectivity index (χ0n) is 15.4. The van der Waals surface area contributed by atoms with E-state index in [0.717, 1.165) is 36.3 Å². The Kier molecular flexibility index (Phi) is 4.74. The third-order valence-corrected chi connectivity index (χ3v) is 5.15. The van der Waals surface area contributed by atoms with Gasteiger partial charge in [-0.2, -0.15) is 0 Å². The number of benzene rings is 1. The predicted molar refractivity (Wildman–Crippen MR) is 106 cm³/mol. The Morgan fingerprint density at radius 3 is 3.07 bits per heavy atom. The van der Waals surface area contributed by atoms with E-state index in [9.17, 15) is 4.79 Å². The molecule has 0 atom stereocenters. The molecule has 3 aromatic rings. The lowest BCUT2D eigenvalue weighted by Crippen LogP contribution is -2.24. The number of nitrogens with zero attached hydrogens (tertiary/aromatic N) is 4. The maximum absolute atomic E-state index is 11.0. The van der Waals surface area contributed by atoms with Crippen LogP contribution in [0.25, 0.3) is 22.2 Å². The van der Waals surface area contributed by atoms with Gasteiger partial charge in [0.15, 0.2) is 0 Å². The summed E-state index contributed by atoms with van der Waals surface area (Å²) in [7, 11) is 1.93. The SMILES string of the molecule is CC(=O)OCCN(C)c1cnc(Cl)nc1-c1cn2c3c(cccc13)CCC2. The first-order valence-corrected chi connectivity index (χ1v) is 9.40. The fraction of sp³-hybridized carbons (Fsp3) is 0.350. The van der Waals surface area contributed by atoms with Crippen LogP contribution in [0.2, 0.25) is 5.28 Å². The summed E-state index contributed by atoms with van der Waals surface area (Å²) in [5.74, 6) is -0.287. The van der Waals surface area contributed by atoms with E-state index in [1.54, 1.807) is 6.20 Å². The average Bonchev–Trinajstić information content (AvgIpc) is 3.02. The quantitative estimate of drug-likeness (QED) is 0.496. The number of halogens is 1. The molecule has 140 valence electrons. The molecular weight excluding hydrogens is 364 g/mol. The molecule has 0 unspecified atom stereocenters. The molecule has 27 heavy (non-hydrogen) atoms. The Hall–Kier alpha value is -2.60. The molecule has 0 saturated carbocycles. The summed E-state index contributed by atoms with van der Waals surface area (Å²) < 4.78 is 7.38. The van der Waals surface area contributed by atoms with Gasteiger partial charge in [0.25, 0.3) is 0 Å². The van der Waals surface area contributed by atoms with Crippen molar-refractivity contribution in [3.8, 4) is 11.3 Å². The molecular formula is C20H21ClN4O2. The molecule has 0 radical (unpaired) electrons. The monoisotopic (exact) mass is 384 g/mol. The highest BCUT2D eigenvalue weighted by Gasteiger charge is 2.21. The number of esters is 1. The lowest BCUT2D eigenvalue weighted by Gasteiger charge is -2.21. The van der Waals surface area contributed by atoms with Crippen molar-refractivity contribution >= 4 is 34.2 Å². The van der Waals surface area contributed by atoms with Crippen molar-refractivity contribution in [3.63, 3.8) is 0 Å². The smallest absolute Gasteiger partial charge is 0.302 e. The zero-order valence-corrected chi connectivity index (χ0v) is 16.2. The van der Waals surface area contributed by atoms with E-state index < -0.39 is 0 Å². The number of carbonyl (C=O) groups is 1. The van der Waals surface area contributed by atoms with E-state index in [4.69, 9.17) is 16.3 Å². The Balaban J connectivity index is 1.78. The van der Waals surface area contributed by atoms with E-state index >= 15 is 0 Å². The van der Waals surface area contributed by atoms with Crippen molar-refractivity contribution < 1.29 is 9.53 Å². The lowest BCUT2D eigenvalue weighted by molar-refractivity contribution is -0.140. The Bertz CT molecular complexity index is 1010. The molecule has 0 spiro atoms. The molecule has 7 heteroatoms. The van der Waals surface area contributed by atoms with Gasteiger partial charge in [-0.25, -0.2) is 9.97 Å². The molecule has 0 saturated heterocycles. The number of hydrogen-bond acceptors (Lipinski definition) is 5. The van der Waals surface area contributed by atoms with Gasteiger partial charge >= 0.3 is 5.97 Å². The largest absolute Gasteiger partial charge is 0.464 e. The van der Waals surface area contributed by atoms with Crippen molar-refractivity contribution in [1.29, 1.82) is 0 Å². The van der Waals surface area contributed by atoms with Gasteiger partial charge in [0, 0.05) is 37.7 Å². The molecule has 1 aliphatic rings. The third-order valence-electron chi connectivity index (χ3n) is 4.97. The van der Waals surface area contributed by atoms with Crippen molar-refractivity contribution in [3.05, 3.63) is 41.4 Å². The van der Waals surface area contributed by atoms with Crippen LogP contribution in [-0.4, -0.2) is 40.7 Å². The second-order valence-corrected chi connectivity index (χ2v) is 7.13. The van der Waals surface area contributed by atoms with Gasteiger partial charge in [-0.05, 0) is 30.0 Å². The van der Waals surface area contributed by atoms with Crippen LogP contribution in [0.3, 0.4) is 0 Å². The van der Waals surface area contributed by atoms with Crippen LogP contribution in [0.5, 0.6) is 0 Å². The number of aromatic nitrogens is 3. The number of ether oxygens (including phenoxy) is 1. The lowest BCUT2D eigenvalue weighted by atomic mass is 10.0. The van der Waals surface area contributed by atoms with Crippen LogP contribution >= 0.6 is 11.6 Å². The van der Waals surface area contributed by atoms with E-state index in [0.29, 0.717) is 13.2 Å². The maximum atomic E-state index is 11.0. The summed E-state index contributed by atoms with van der Waals surface area (Å²) >= 11 is 6.14. The molecule has 3 heterocycles. The first-order chi connectivity index (χ1) is 13.0. The summed E-state index contributed by atoms with van der Waals surface area (Å²) in [6, 6.07) is 6.43. The molecule has 0 N–H and O–H groups in total. The van der Waals surface area contributed by atoms with Crippen LogP contribution in [0.1, 0.15) is 18.9 Å². The zero-order chi connectivity index (χ0) is 19.0. The third kappa shape index (κ3) is 3.37. The summed E-state index contributed by atoms with van der Waals surface area (Å²) in [6.07, 6.45) is 6.13. The van der Waals surface area contributed by atoms with Crippen molar-refractivity contribution in [2.75, 3.05) is 25.1 Å². The molecule has 6 nitrogen and oxygen atoms in total. The number of anilines is 1. The van der Waals surface area contributed by atoms with Crippen LogP contribution in [0.4, 0.5) is 5.69 Å². The first-order valence-electron chi connectivity index (χ1n) is 9.02. The first kappa shape index (κ1) is 17.8. The highest BCUT2D eigenvalue weighted by atomic mass is 35.5. The van der Waals surface area contributed by atoms with Crippen molar-refractivity contribution in [2.24, 2.45) is 0 Å². The van der Waals surface area contributed by atoms with Gasteiger partial charge < -0.3 is 14.2 Å². The van der Waals surface area contributed by atoms with Gasteiger partial charge in [0.2, 0.25) is 5.28 Å². The second-order valence-electron chi connectivity index (χ2n) is 6.79. The number of hydrogen-bond donors (Lipinski definition) is 0. The van der Waals surface area contributed by atoms with Gasteiger partial charge in [-0.3, -0.25) is 4.79 Å². The Morgan fingerprint density at radius 2 is 2.26 bits per heavy atom. The topological polar surface area (TPSA) is 60.2 Å². The van der Waals surface area contributed by atoms with E-state index in [1.807, 2.05) is 11.9 Å². The number of aryl methyl sites for hydroxylation is 2. The minimum absolute atomic E-state index is 0.217. The molecule has 0 amide bonds. The molecule has 0 fully saturated rings. The molecule has 4 rings (SSSR count). The standard InChI is InChI=1S/C20H21ClN4O2/c1-13(26)27-10-9-24(2)17-11-22-20(21)23-18(17)16-12-25-8-4-6-14-5-3-7-15(16)19(14)25/h3,5,7,11-12H,4,6,8-10H2,1-2H3. The number of para-hydroxylation sites is 1. The summed E-state index contributed by atoms with van der Waals surface area (Å²) in [6.45, 7) is 3.26. The number of rotatable bonds is 5. The number of likely N-dealkylation sites (N-methyl/N-ethyl adjacent to an activating group) is 1. The van der Waals surface area contributed by atoms with Gasteiger partial charge in [-0.1, -0.05) is 18.2 Å². The maximum Gasteiger partial charge on any atom is 0.302 e. The fourth-order valence-electron chi connectivity index (χ4n) is 3.72. The fourth-order valence-corrected chi connectivity index (χ4v) is 3.86. The molecule has 1 aromatic carbocycles. The van der Waals surface area contributed by atoms with E-state index in [1.165, 1.54) is 23.4 Å². The van der Waals surface area contributed by atoms with E-state index in [-0.39, 0.29) is 11.3 Å². The van der Waals surface area contributed by atoms with Crippen LogP contribution < -0.4 is 4.90 Å². The molecule has 2 aromatic heterocycles. The van der Waals surface area contributed by atoms with Crippen molar-refractivity contribution in [2.45, 2.75) is 26.3 Å². The van der Waals surface area contributed by atoms with Gasteiger partial charge in [0.05, 0.1) is 23.9 Å². The predicted octanol–water partition coefficient (Wildman–Crippen LogP) is 3.70. The summed E-state index contributed by atoms with van der Waals surface area (Å²) in [4.78, 5) is 21.7. The van der Waals surface area contributed by atoms with E-state index in [2.05, 4.69) is 38.9 Å². The summed E-state index contributed by atoms with van der Waals surface area (Å²) in [5.41, 5.74) is 5.35. The van der Waals surface area contributed by atoms with Crippen LogP contribution in [0.15, 0.2) is 30.6 Å². The van der Waals surface area contributed by atoms with Gasteiger partial charge in [-0.15, -0.1) is 0 Å². The summed E-state index contributed by atoms with van der Waals surface area (Å²) in [5, 5.41) is 1.39. The van der Waals surface area contributed by atoms with Gasteiger partial charge in [0.1, 0.15) is 12.3 Å². The molecule has 0 bridgehead atoms. The van der Waals surface area contributed by atoms with Crippen LogP contribution in [-0.2, 0) is 22.5 Å². The normalized spacial score (nSPS) is 13.0. The molecule has 0 aliphatic carbocycles. The minimum atomic E-state index is -0.287. The number of carbonyl (C=O) groups excluding carboxylic acids is 1. The Morgan fingerprint density at radius 1 is 1.41 bits per heavy atom. The second kappa shape index (κ2) is 7.19. The van der Waals surface area contributed by atoms with Crippen LogP contribution in [0, 0.1) is 0 Å². The van der Waals surface area contributed by atoms with Crippen molar-refractivity contribution in [1.82, 2.24) is 14.5 Å².